The molecule has 4 aromatic carbocycles. The van der Waals surface area contributed by atoms with E-state index in [1.165, 1.54) is 0 Å². The summed E-state index contributed by atoms with van der Waals surface area (Å²) in [4.78, 5) is 5.23. The van der Waals surface area contributed by atoms with E-state index < -0.39 is 0 Å². The first-order valence-electron chi connectivity index (χ1n) is 12.1. The van der Waals surface area contributed by atoms with Crippen LogP contribution in [0.1, 0.15) is 14.4 Å². The third kappa shape index (κ3) is 6.24. The molecule has 1 radical (unpaired) electrons. The Bertz CT molecular complexity index is 1410. The first-order valence-corrected chi connectivity index (χ1v) is 12.1. The van der Waals surface area contributed by atoms with Crippen LogP contribution in [0.25, 0.3) is 45.0 Å². The fraction of sp³-hybridized carbons (Fsp3) is 0.156. The smallest absolute Gasteiger partial charge is 0.141 e. The van der Waals surface area contributed by atoms with Gasteiger partial charge < -0.3 is 15.0 Å². The molecule has 0 atom stereocenters. The largest absolute Gasteiger partial charge is 0.395 e. The summed E-state index contributed by atoms with van der Waals surface area (Å²) in [5.74, 6) is 0.848. The number of rotatable bonds is 8. The van der Waals surface area contributed by atoms with Crippen molar-refractivity contribution in [1.82, 2.24) is 9.55 Å². The Balaban J connectivity index is 0.00000190. The maximum absolute atomic E-state index is 10.1. The van der Waals surface area contributed by atoms with Gasteiger partial charge in [0.05, 0.1) is 18.0 Å². The van der Waals surface area contributed by atoms with Gasteiger partial charge >= 0.3 is 0 Å². The second kappa shape index (κ2) is 13.7. The zero-order chi connectivity index (χ0) is 24.0. The standard InChI is InChI=1S/C31H29N3O.CH4.Ac/c1-2-32-26-17-11-16-25(22-26)27-18-9-10-19-28(27)31-33-29(23-12-5-3-6-13-23)30(34(31)20-21-35)24-14-7-4-8-15-24;;/h3-19,22,32,35H,2,20-21H2,1H3;1H4;. The molecule has 0 bridgehead atoms. The average molecular weight is 703 g/mol. The van der Waals surface area contributed by atoms with Crippen molar-refractivity contribution in [3.63, 3.8) is 0 Å². The van der Waals surface area contributed by atoms with Crippen LogP contribution in [0.2, 0.25) is 0 Å². The van der Waals surface area contributed by atoms with Crippen LogP contribution < -0.4 is 5.32 Å². The fourth-order valence-corrected chi connectivity index (χ4v) is 4.59. The minimum absolute atomic E-state index is 0. The van der Waals surface area contributed by atoms with Crippen molar-refractivity contribution in [3.05, 3.63) is 109 Å². The predicted octanol–water partition coefficient (Wildman–Crippen LogP) is 7.61. The molecule has 5 heteroatoms. The second-order valence-electron chi connectivity index (χ2n) is 8.40. The molecule has 0 fully saturated rings. The second-order valence-corrected chi connectivity index (χ2v) is 8.40. The van der Waals surface area contributed by atoms with E-state index in [0.29, 0.717) is 6.54 Å². The summed E-state index contributed by atoms with van der Waals surface area (Å²) in [5, 5.41) is 13.5. The zero-order valence-corrected chi connectivity index (χ0v) is 25.2. The Morgan fingerprint density at radius 1 is 0.730 bits per heavy atom. The molecule has 0 aliphatic rings. The van der Waals surface area contributed by atoms with Crippen LogP contribution in [0, 0.1) is 44.1 Å². The molecule has 2 N–H and O–H groups in total. The molecule has 0 amide bonds. The van der Waals surface area contributed by atoms with Gasteiger partial charge in [-0.2, -0.15) is 0 Å². The summed E-state index contributed by atoms with van der Waals surface area (Å²) in [5.41, 5.74) is 8.41. The van der Waals surface area contributed by atoms with Crippen molar-refractivity contribution in [3.8, 4) is 45.0 Å². The number of imidazole rings is 1. The molecule has 0 spiro atoms. The molecular weight excluding hydrogens is 669 g/mol. The Hall–Kier alpha value is -2.71. The van der Waals surface area contributed by atoms with Gasteiger partial charge in [0, 0.05) is 79.5 Å². The molecule has 5 aromatic rings. The third-order valence-corrected chi connectivity index (χ3v) is 6.11. The molecule has 185 valence electrons. The van der Waals surface area contributed by atoms with Crippen molar-refractivity contribution < 1.29 is 49.2 Å². The van der Waals surface area contributed by atoms with E-state index in [1.54, 1.807) is 0 Å². The monoisotopic (exact) mass is 702 g/mol. The summed E-state index contributed by atoms with van der Waals surface area (Å²) in [7, 11) is 0. The molecule has 0 aliphatic carbocycles. The number of nitrogens with zero attached hydrogens (tertiary/aromatic N) is 2. The SMILES string of the molecule is C.CCNc1cccc(-c2ccccc2-c2nc(-c3ccccc3)c(-c3ccccc3)n2CCO)c1.[Ac]. The first-order chi connectivity index (χ1) is 17.3. The first kappa shape index (κ1) is 28.9. The average Bonchev–Trinajstić information content (AvgIpc) is 3.29. The summed E-state index contributed by atoms with van der Waals surface area (Å²) < 4.78 is 2.16. The van der Waals surface area contributed by atoms with Gasteiger partial charge in [-0.3, -0.25) is 0 Å². The molecule has 1 aromatic heterocycles. The van der Waals surface area contributed by atoms with Gasteiger partial charge in [0.25, 0.3) is 0 Å². The minimum atomic E-state index is 0. The molecule has 0 aliphatic heterocycles. The maximum atomic E-state index is 10.1. The van der Waals surface area contributed by atoms with Crippen LogP contribution in [0.4, 0.5) is 5.69 Å². The van der Waals surface area contributed by atoms with Gasteiger partial charge in [-0.25, -0.2) is 4.98 Å². The molecule has 1 heterocycles. The van der Waals surface area contributed by atoms with Gasteiger partial charge in [0.1, 0.15) is 5.82 Å². The Morgan fingerprint density at radius 3 is 1.97 bits per heavy atom. The summed E-state index contributed by atoms with van der Waals surface area (Å²) >= 11 is 0. The molecule has 0 saturated heterocycles. The number of aliphatic hydroxyl groups is 1. The van der Waals surface area contributed by atoms with Gasteiger partial charge in [0.2, 0.25) is 0 Å². The summed E-state index contributed by atoms with van der Waals surface area (Å²) in [6.45, 7) is 3.44. The normalized spacial score (nSPS) is 10.3. The number of anilines is 1. The number of hydrogen-bond acceptors (Lipinski definition) is 3. The van der Waals surface area contributed by atoms with Crippen LogP contribution in [-0.4, -0.2) is 27.8 Å². The van der Waals surface area contributed by atoms with E-state index in [2.05, 4.69) is 89.6 Å². The van der Waals surface area contributed by atoms with Gasteiger partial charge in [0.15, 0.2) is 0 Å². The van der Waals surface area contributed by atoms with E-state index in [-0.39, 0.29) is 58.1 Å². The van der Waals surface area contributed by atoms with Gasteiger partial charge in [-0.15, -0.1) is 0 Å². The summed E-state index contributed by atoms with van der Waals surface area (Å²) in [6, 6.07) is 37.4. The van der Waals surface area contributed by atoms with Gasteiger partial charge in [-0.05, 0) is 30.2 Å². The van der Waals surface area contributed by atoms with E-state index in [0.717, 1.165) is 57.3 Å². The van der Waals surface area contributed by atoms with Gasteiger partial charge in [-0.1, -0.05) is 104 Å². The molecule has 0 saturated carbocycles. The van der Waals surface area contributed by atoms with Crippen molar-refractivity contribution in [2.75, 3.05) is 18.5 Å². The Labute approximate surface area is 256 Å². The molecule has 0 unspecified atom stereocenters. The molecular formula is C32H33AcN3O. The van der Waals surface area contributed by atoms with Crippen molar-refractivity contribution >= 4 is 5.69 Å². The van der Waals surface area contributed by atoms with E-state index >= 15 is 0 Å². The van der Waals surface area contributed by atoms with Crippen LogP contribution in [0.15, 0.2) is 109 Å². The maximum Gasteiger partial charge on any atom is 0.141 e. The van der Waals surface area contributed by atoms with Crippen LogP contribution in [-0.2, 0) is 6.54 Å². The molecule has 4 nitrogen and oxygen atoms in total. The van der Waals surface area contributed by atoms with Crippen LogP contribution in [0.3, 0.4) is 0 Å². The van der Waals surface area contributed by atoms with Crippen molar-refractivity contribution in [2.45, 2.75) is 20.9 Å². The number of hydrogen-bond donors (Lipinski definition) is 2. The minimum Gasteiger partial charge on any atom is -0.395 e. The van der Waals surface area contributed by atoms with E-state index in [4.69, 9.17) is 4.98 Å². The van der Waals surface area contributed by atoms with E-state index in [9.17, 15) is 5.11 Å². The third-order valence-electron chi connectivity index (χ3n) is 6.11. The van der Waals surface area contributed by atoms with Crippen molar-refractivity contribution in [2.24, 2.45) is 0 Å². The van der Waals surface area contributed by atoms with Crippen LogP contribution in [0.5, 0.6) is 0 Å². The quantitative estimate of drug-likeness (QED) is 0.175. The van der Waals surface area contributed by atoms with Crippen molar-refractivity contribution in [1.29, 1.82) is 0 Å². The number of benzene rings is 4. The Morgan fingerprint density at radius 2 is 1.32 bits per heavy atom. The zero-order valence-electron chi connectivity index (χ0n) is 20.4. The van der Waals surface area contributed by atoms with E-state index in [1.807, 2.05) is 36.4 Å². The van der Waals surface area contributed by atoms with Crippen LogP contribution >= 0.6 is 0 Å². The number of aliphatic hydroxyl groups excluding tert-OH is 1. The number of aromatic nitrogens is 2. The predicted molar refractivity (Wildman–Crippen MR) is 152 cm³/mol. The molecule has 37 heavy (non-hydrogen) atoms. The number of nitrogens with one attached hydrogen (secondary N) is 1. The summed E-state index contributed by atoms with van der Waals surface area (Å²) in [6.07, 6.45) is 0. The Kier molecular flexibility index (Phi) is 10.7. The topological polar surface area (TPSA) is 50.1 Å². The fourth-order valence-electron chi connectivity index (χ4n) is 4.59. The molecule has 5 rings (SSSR count).